The molecule has 0 N–H and O–H groups in total. The monoisotopic (exact) mass is 721 g/mol. The molecule has 4 heteroatoms. The highest BCUT2D eigenvalue weighted by Crippen LogP contribution is 2.46. The Labute approximate surface area is 323 Å². The molecule has 0 saturated heterocycles. The first-order chi connectivity index (χ1) is 27.7. The Bertz CT molecular complexity index is 3080. The van der Waals surface area contributed by atoms with E-state index in [-0.39, 0.29) is 17.9 Å². The standard InChI is InChI=1S/C52H35NO3/c1-4-13-46-41(10-1)44-30-38(22-26-49(44)54-46)53(39-23-27-50-45(31-39)42-11-2-5-14-47(42)55-50)37-20-16-32(17-21-37)33-8-7-9-34(28-33)35-18-24-40-36(29-35)19-25-51-52(40)43-12-3-6-15-48(43)56-51/h1-16,18-32,43,48H,17H2. The van der Waals surface area contributed by atoms with Crippen LogP contribution in [0.2, 0.25) is 0 Å². The number of para-hydroxylation sites is 2. The van der Waals surface area contributed by atoms with Gasteiger partial charge in [-0.05, 0) is 107 Å². The minimum atomic E-state index is 0.0863. The number of nitrogens with zero attached hydrogens (tertiary/aromatic N) is 1. The molecule has 266 valence electrons. The van der Waals surface area contributed by atoms with E-state index < -0.39 is 0 Å². The molecule has 2 aromatic heterocycles. The van der Waals surface area contributed by atoms with Crippen LogP contribution < -0.4 is 9.64 Å². The van der Waals surface area contributed by atoms with Crippen molar-refractivity contribution < 1.29 is 13.6 Å². The molecule has 4 nitrogen and oxygen atoms in total. The quantitative estimate of drug-likeness (QED) is 0.177. The van der Waals surface area contributed by atoms with E-state index in [1.807, 2.05) is 24.3 Å². The normalized spacial score (nSPS) is 18.5. The second-order valence-electron chi connectivity index (χ2n) is 15.1. The van der Waals surface area contributed by atoms with Gasteiger partial charge < -0.3 is 18.5 Å². The maximum absolute atomic E-state index is 6.29. The predicted molar refractivity (Wildman–Crippen MR) is 229 cm³/mol. The van der Waals surface area contributed by atoms with Crippen molar-refractivity contribution in [1.29, 1.82) is 0 Å². The molecule has 3 atom stereocenters. The van der Waals surface area contributed by atoms with Gasteiger partial charge in [-0.2, -0.15) is 0 Å². The minimum Gasteiger partial charge on any atom is -0.485 e. The predicted octanol–water partition coefficient (Wildman–Crippen LogP) is 14.0. The highest BCUT2D eigenvalue weighted by atomic mass is 16.5. The molecule has 0 radical (unpaired) electrons. The van der Waals surface area contributed by atoms with Crippen LogP contribution in [0.3, 0.4) is 0 Å². The average Bonchev–Trinajstić information content (AvgIpc) is 3.95. The van der Waals surface area contributed by atoms with E-state index in [4.69, 9.17) is 13.6 Å². The topological polar surface area (TPSA) is 38.8 Å². The number of allylic oxidation sites excluding steroid dienone is 5. The van der Waals surface area contributed by atoms with Crippen molar-refractivity contribution in [2.75, 3.05) is 4.90 Å². The fourth-order valence-electron chi connectivity index (χ4n) is 9.19. The van der Waals surface area contributed by atoms with Crippen LogP contribution in [0.5, 0.6) is 5.75 Å². The van der Waals surface area contributed by atoms with Gasteiger partial charge in [0.15, 0.2) is 0 Å². The second-order valence-corrected chi connectivity index (χ2v) is 15.1. The number of benzene rings is 7. The molecule has 0 saturated carbocycles. The highest BCUT2D eigenvalue weighted by molar-refractivity contribution is 6.08. The molecule has 3 aliphatic rings. The lowest BCUT2D eigenvalue weighted by molar-refractivity contribution is 0.269. The van der Waals surface area contributed by atoms with E-state index in [0.717, 1.165) is 73.1 Å². The summed E-state index contributed by atoms with van der Waals surface area (Å²) in [5, 5.41) is 6.95. The molecule has 0 fully saturated rings. The SMILES string of the molecule is C1=CC2Oc3ccc4cc(-c5cccc(C6C=CC(N(c7ccc8oc9ccccc9c8c7)c7ccc8oc9ccccc9c8c7)=CC6)c5)ccc4c3C2C=C1. The summed E-state index contributed by atoms with van der Waals surface area (Å²) in [6.45, 7) is 0. The molecule has 2 aliphatic carbocycles. The van der Waals surface area contributed by atoms with Crippen molar-refractivity contribution in [1.82, 2.24) is 0 Å². The molecule has 9 aromatic rings. The van der Waals surface area contributed by atoms with Gasteiger partial charge in [0.1, 0.15) is 34.2 Å². The van der Waals surface area contributed by atoms with Crippen molar-refractivity contribution in [3.8, 4) is 16.9 Å². The summed E-state index contributed by atoms with van der Waals surface area (Å²) in [6, 6.07) is 49.9. The fourth-order valence-corrected chi connectivity index (χ4v) is 9.19. The summed E-state index contributed by atoms with van der Waals surface area (Å²) in [7, 11) is 0. The first-order valence-corrected chi connectivity index (χ1v) is 19.4. The van der Waals surface area contributed by atoms with Crippen molar-refractivity contribution >= 4 is 66.0 Å². The van der Waals surface area contributed by atoms with Gasteiger partial charge in [0, 0.05) is 56.0 Å². The van der Waals surface area contributed by atoms with Gasteiger partial charge in [0.2, 0.25) is 0 Å². The van der Waals surface area contributed by atoms with Crippen molar-refractivity contribution in [2.45, 2.75) is 24.4 Å². The van der Waals surface area contributed by atoms with Gasteiger partial charge in [0.25, 0.3) is 0 Å². The van der Waals surface area contributed by atoms with Crippen LogP contribution >= 0.6 is 0 Å². The third-order valence-corrected chi connectivity index (χ3v) is 11.9. The van der Waals surface area contributed by atoms with Crippen molar-refractivity contribution in [2.24, 2.45) is 0 Å². The van der Waals surface area contributed by atoms with E-state index in [1.165, 1.54) is 33.0 Å². The number of ether oxygens (including phenoxy) is 1. The number of hydrogen-bond acceptors (Lipinski definition) is 4. The summed E-state index contributed by atoms with van der Waals surface area (Å²) in [6.07, 6.45) is 16.7. The van der Waals surface area contributed by atoms with Gasteiger partial charge >= 0.3 is 0 Å². The van der Waals surface area contributed by atoms with Crippen LogP contribution in [0.1, 0.15) is 29.4 Å². The van der Waals surface area contributed by atoms with E-state index in [0.29, 0.717) is 0 Å². The van der Waals surface area contributed by atoms with Crippen molar-refractivity contribution in [3.63, 3.8) is 0 Å². The van der Waals surface area contributed by atoms with Crippen LogP contribution in [-0.4, -0.2) is 6.10 Å². The zero-order chi connectivity index (χ0) is 36.7. The first kappa shape index (κ1) is 31.3. The zero-order valence-corrected chi connectivity index (χ0v) is 30.4. The molecule has 3 heterocycles. The van der Waals surface area contributed by atoms with Crippen LogP contribution in [0.4, 0.5) is 11.4 Å². The lowest BCUT2D eigenvalue weighted by atomic mass is 9.87. The average molecular weight is 722 g/mol. The Morgan fingerprint density at radius 1 is 0.518 bits per heavy atom. The number of furan rings is 2. The maximum Gasteiger partial charge on any atom is 0.135 e. The first-order valence-electron chi connectivity index (χ1n) is 19.4. The van der Waals surface area contributed by atoms with Gasteiger partial charge in [0.05, 0.1) is 0 Å². The number of anilines is 2. The van der Waals surface area contributed by atoms with Gasteiger partial charge in [-0.3, -0.25) is 0 Å². The summed E-state index contributed by atoms with van der Waals surface area (Å²) in [5.41, 5.74) is 11.9. The Morgan fingerprint density at radius 2 is 1.21 bits per heavy atom. The molecule has 12 rings (SSSR count). The van der Waals surface area contributed by atoms with Gasteiger partial charge in [-0.25, -0.2) is 0 Å². The lowest BCUT2D eigenvalue weighted by Gasteiger charge is -2.29. The van der Waals surface area contributed by atoms with E-state index in [2.05, 4.69) is 163 Å². The summed E-state index contributed by atoms with van der Waals surface area (Å²) < 4.78 is 18.7. The molecule has 3 unspecified atom stereocenters. The summed E-state index contributed by atoms with van der Waals surface area (Å²) in [5.74, 6) is 1.52. The van der Waals surface area contributed by atoms with Crippen LogP contribution in [0.15, 0.2) is 197 Å². The molecule has 0 amide bonds. The molecular formula is C52H35NO3. The number of hydrogen-bond donors (Lipinski definition) is 0. The smallest absolute Gasteiger partial charge is 0.135 e. The van der Waals surface area contributed by atoms with E-state index in [1.54, 1.807) is 0 Å². The van der Waals surface area contributed by atoms with Crippen molar-refractivity contribution in [3.05, 3.63) is 199 Å². The Hall–Kier alpha value is -7.04. The number of fused-ring (bicyclic) bond motifs is 11. The third-order valence-electron chi connectivity index (χ3n) is 11.9. The Balaban J connectivity index is 0.894. The lowest BCUT2D eigenvalue weighted by Crippen LogP contribution is -2.17. The Morgan fingerprint density at radius 3 is 1.95 bits per heavy atom. The van der Waals surface area contributed by atoms with Gasteiger partial charge in [-0.15, -0.1) is 0 Å². The zero-order valence-electron chi connectivity index (χ0n) is 30.4. The van der Waals surface area contributed by atoms with Crippen LogP contribution in [0.25, 0.3) is 65.8 Å². The highest BCUT2D eigenvalue weighted by Gasteiger charge is 2.33. The largest absolute Gasteiger partial charge is 0.485 e. The molecule has 7 aromatic carbocycles. The van der Waals surface area contributed by atoms with E-state index in [9.17, 15) is 0 Å². The van der Waals surface area contributed by atoms with Crippen LogP contribution in [-0.2, 0) is 0 Å². The number of rotatable bonds is 5. The minimum absolute atomic E-state index is 0.0863. The summed E-state index contributed by atoms with van der Waals surface area (Å²) in [4.78, 5) is 2.37. The maximum atomic E-state index is 6.29. The third kappa shape index (κ3) is 4.92. The Kier molecular flexibility index (Phi) is 6.85. The molecule has 1 aliphatic heterocycles. The van der Waals surface area contributed by atoms with Crippen LogP contribution in [0, 0.1) is 0 Å². The second kappa shape index (κ2) is 12.2. The molecule has 0 spiro atoms. The van der Waals surface area contributed by atoms with E-state index >= 15 is 0 Å². The summed E-state index contributed by atoms with van der Waals surface area (Å²) >= 11 is 0. The molecular weight excluding hydrogens is 687 g/mol. The molecule has 0 bridgehead atoms. The van der Waals surface area contributed by atoms with Gasteiger partial charge in [-0.1, -0.05) is 109 Å². The molecule has 56 heavy (non-hydrogen) atoms. The fraction of sp³-hybridized carbons (Fsp3) is 0.0769.